The fraction of sp³-hybridized carbons (Fsp3) is 0.286. The number of ketones is 1. The van der Waals surface area contributed by atoms with Crippen LogP contribution >= 0.6 is 0 Å². The lowest BCUT2D eigenvalue weighted by Gasteiger charge is -2.30. The summed E-state index contributed by atoms with van der Waals surface area (Å²) in [5.41, 5.74) is 1.15. The maximum Gasteiger partial charge on any atom is 0.266 e. The van der Waals surface area contributed by atoms with E-state index in [0.717, 1.165) is 10.8 Å². The van der Waals surface area contributed by atoms with Gasteiger partial charge in [-0.3, -0.25) is 9.59 Å². The fourth-order valence-corrected chi connectivity index (χ4v) is 3.52. The highest BCUT2D eigenvalue weighted by Crippen LogP contribution is 2.38. The van der Waals surface area contributed by atoms with Crippen LogP contribution in [0.3, 0.4) is 0 Å². The Balaban J connectivity index is 1.94. The standard InChI is InChI=1S/C21H20N2O2/c1-21(2)11-15(10-16(24)12-21)18(13-22)20(25)23-19-9-5-7-14-6-3-4-8-17(14)19/h3-9H,10-12H2,1-2H3,(H,23,25)/b18-15-. The quantitative estimate of drug-likeness (QED) is 0.655. The normalized spacial score (nSPS) is 18.5. The Morgan fingerprint density at radius 1 is 1.12 bits per heavy atom. The summed E-state index contributed by atoms with van der Waals surface area (Å²) in [6.07, 6.45) is 1.26. The predicted octanol–water partition coefficient (Wildman–Crippen LogP) is 4.38. The van der Waals surface area contributed by atoms with E-state index in [-0.39, 0.29) is 23.2 Å². The molecule has 0 aliphatic heterocycles. The molecule has 126 valence electrons. The van der Waals surface area contributed by atoms with Crippen LogP contribution in [0, 0.1) is 16.7 Å². The molecule has 1 aliphatic rings. The van der Waals surface area contributed by atoms with Gasteiger partial charge in [0.2, 0.25) is 0 Å². The summed E-state index contributed by atoms with van der Waals surface area (Å²) in [6.45, 7) is 3.98. The second-order valence-corrected chi connectivity index (χ2v) is 7.30. The summed E-state index contributed by atoms with van der Waals surface area (Å²) >= 11 is 0. The first kappa shape index (κ1) is 16.9. The molecular formula is C21H20N2O2. The van der Waals surface area contributed by atoms with Crippen molar-refractivity contribution in [2.24, 2.45) is 5.41 Å². The van der Waals surface area contributed by atoms with E-state index in [2.05, 4.69) is 5.32 Å². The number of benzene rings is 2. The zero-order chi connectivity index (χ0) is 18.0. The van der Waals surface area contributed by atoms with Gasteiger partial charge in [-0.25, -0.2) is 0 Å². The number of hydrogen-bond acceptors (Lipinski definition) is 3. The topological polar surface area (TPSA) is 70.0 Å². The van der Waals surface area contributed by atoms with Gasteiger partial charge in [0.05, 0.1) is 0 Å². The molecule has 3 rings (SSSR count). The number of amides is 1. The Kier molecular flexibility index (Phi) is 4.41. The smallest absolute Gasteiger partial charge is 0.266 e. The van der Waals surface area contributed by atoms with Crippen molar-refractivity contribution in [2.45, 2.75) is 33.1 Å². The van der Waals surface area contributed by atoms with Crippen molar-refractivity contribution in [3.63, 3.8) is 0 Å². The van der Waals surface area contributed by atoms with E-state index in [1.807, 2.05) is 62.4 Å². The Morgan fingerprint density at radius 3 is 2.56 bits per heavy atom. The van der Waals surface area contributed by atoms with Crippen molar-refractivity contribution in [3.8, 4) is 6.07 Å². The number of nitriles is 1. The molecule has 0 aromatic heterocycles. The number of carbonyl (C=O) groups is 2. The minimum atomic E-state index is -0.445. The third-order valence-corrected chi connectivity index (χ3v) is 4.51. The Hall–Kier alpha value is -2.93. The number of fused-ring (bicyclic) bond motifs is 1. The van der Waals surface area contributed by atoms with Crippen LogP contribution in [0.4, 0.5) is 5.69 Å². The summed E-state index contributed by atoms with van der Waals surface area (Å²) in [4.78, 5) is 24.7. The lowest BCUT2D eigenvalue weighted by molar-refractivity contribution is -0.121. The molecule has 0 unspecified atom stereocenters. The van der Waals surface area contributed by atoms with Gasteiger partial charge in [-0.2, -0.15) is 5.26 Å². The Labute approximate surface area is 147 Å². The van der Waals surface area contributed by atoms with Gasteiger partial charge in [-0.05, 0) is 28.9 Å². The first-order valence-electron chi connectivity index (χ1n) is 8.32. The van der Waals surface area contributed by atoms with Crippen LogP contribution in [-0.4, -0.2) is 11.7 Å². The minimum Gasteiger partial charge on any atom is -0.321 e. The fourth-order valence-electron chi connectivity index (χ4n) is 3.52. The van der Waals surface area contributed by atoms with Crippen LogP contribution in [0.15, 0.2) is 53.6 Å². The van der Waals surface area contributed by atoms with Crippen molar-refractivity contribution >= 4 is 28.2 Å². The monoisotopic (exact) mass is 332 g/mol. The van der Waals surface area contributed by atoms with Crippen LogP contribution in [0.25, 0.3) is 10.8 Å². The summed E-state index contributed by atoms with van der Waals surface area (Å²) < 4.78 is 0. The van der Waals surface area contributed by atoms with Crippen molar-refractivity contribution in [3.05, 3.63) is 53.6 Å². The molecule has 4 heteroatoms. The van der Waals surface area contributed by atoms with E-state index in [9.17, 15) is 14.9 Å². The maximum atomic E-state index is 12.7. The van der Waals surface area contributed by atoms with Gasteiger partial charge in [-0.15, -0.1) is 0 Å². The molecule has 2 aromatic carbocycles. The van der Waals surface area contributed by atoms with Crippen LogP contribution in [0.2, 0.25) is 0 Å². The molecule has 1 amide bonds. The molecule has 0 atom stereocenters. The van der Waals surface area contributed by atoms with Gasteiger partial charge >= 0.3 is 0 Å². The highest BCUT2D eigenvalue weighted by atomic mass is 16.1. The average molecular weight is 332 g/mol. The molecule has 25 heavy (non-hydrogen) atoms. The van der Waals surface area contributed by atoms with Crippen LogP contribution in [0.1, 0.15) is 33.1 Å². The van der Waals surface area contributed by atoms with Gasteiger partial charge in [-0.1, -0.05) is 50.2 Å². The van der Waals surface area contributed by atoms with E-state index in [4.69, 9.17) is 0 Å². The van der Waals surface area contributed by atoms with Crippen molar-refractivity contribution in [2.75, 3.05) is 5.32 Å². The summed E-state index contributed by atoms with van der Waals surface area (Å²) in [5.74, 6) is -0.365. The molecule has 1 saturated carbocycles. The predicted molar refractivity (Wildman–Crippen MR) is 97.9 cm³/mol. The molecular weight excluding hydrogens is 312 g/mol. The summed E-state index contributed by atoms with van der Waals surface area (Å²) in [5, 5.41) is 14.3. The Bertz CT molecular complexity index is 927. The third-order valence-electron chi connectivity index (χ3n) is 4.51. The molecule has 0 bridgehead atoms. The number of Topliss-reactive ketones (excluding diaryl/α,β-unsaturated/α-hetero) is 1. The van der Waals surface area contributed by atoms with Crippen molar-refractivity contribution < 1.29 is 9.59 Å². The number of allylic oxidation sites excluding steroid dienone is 1. The highest BCUT2D eigenvalue weighted by Gasteiger charge is 2.32. The molecule has 0 radical (unpaired) electrons. The van der Waals surface area contributed by atoms with Gasteiger partial charge in [0, 0.05) is 23.9 Å². The summed E-state index contributed by atoms with van der Waals surface area (Å²) in [6, 6.07) is 15.4. The highest BCUT2D eigenvalue weighted by molar-refractivity contribution is 6.11. The number of hydrogen-bond donors (Lipinski definition) is 1. The molecule has 1 fully saturated rings. The van der Waals surface area contributed by atoms with Crippen LogP contribution in [0.5, 0.6) is 0 Å². The number of nitrogens with zero attached hydrogens (tertiary/aromatic N) is 1. The molecule has 2 aromatic rings. The number of carbonyl (C=O) groups excluding carboxylic acids is 2. The number of nitrogens with one attached hydrogen (secondary N) is 1. The third kappa shape index (κ3) is 3.61. The maximum absolute atomic E-state index is 12.7. The van der Waals surface area contributed by atoms with E-state index in [1.165, 1.54) is 0 Å². The second-order valence-electron chi connectivity index (χ2n) is 7.30. The van der Waals surface area contributed by atoms with Crippen LogP contribution < -0.4 is 5.32 Å². The first-order chi connectivity index (χ1) is 11.9. The molecule has 0 saturated heterocycles. The zero-order valence-electron chi connectivity index (χ0n) is 14.4. The first-order valence-corrected chi connectivity index (χ1v) is 8.32. The lowest BCUT2D eigenvalue weighted by Crippen LogP contribution is -2.27. The summed E-state index contributed by atoms with van der Waals surface area (Å²) in [7, 11) is 0. The number of anilines is 1. The second kappa shape index (κ2) is 6.52. The molecule has 1 N–H and O–H groups in total. The SMILES string of the molecule is CC1(C)CC(=O)C/C(=C(\C#N)C(=O)Nc2cccc3ccccc23)C1. The zero-order valence-corrected chi connectivity index (χ0v) is 14.4. The largest absolute Gasteiger partial charge is 0.321 e. The average Bonchev–Trinajstić information content (AvgIpc) is 2.54. The van der Waals surface area contributed by atoms with E-state index >= 15 is 0 Å². The molecule has 4 nitrogen and oxygen atoms in total. The minimum absolute atomic E-state index is 0.0639. The van der Waals surface area contributed by atoms with Gasteiger partial charge in [0.1, 0.15) is 17.4 Å². The van der Waals surface area contributed by atoms with Crippen LogP contribution in [-0.2, 0) is 9.59 Å². The van der Waals surface area contributed by atoms with E-state index < -0.39 is 5.91 Å². The van der Waals surface area contributed by atoms with Crippen molar-refractivity contribution in [1.29, 1.82) is 5.26 Å². The van der Waals surface area contributed by atoms with E-state index in [1.54, 1.807) is 0 Å². The molecule has 0 heterocycles. The van der Waals surface area contributed by atoms with Gasteiger partial charge in [0.15, 0.2) is 0 Å². The van der Waals surface area contributed by atoms with Crippen molar-refractivity contribution in [1.82, 2.24) is 0 Å². The molecule has 0 spiro atoms. The molecule has 1 aliphatic carbocycles. The van der Waals surface area contributed by atoms with Gasteiger partial charge in [0.25, 0.3) is 5.91 Å². The van der Waals surface area contributed by atoms with E-state index in [0.29, 0.717) is 24.1 Å². The number of rotatable bonds is 2. The Morgan fingerprint density at radius 2 is 1.84 bits per heavy atom. The van der Waals surface area contributed by atoms with Gasteiger partial charge < -0.3 is 5.32 Å². The lowest BCUT2D eigenvalue weighted by atomic mass is 9.73.